The number of hydrogen-bond acceptors (Lipinski definition) is 3. The summed E-state index contributed by atoms with van der Waals surface area (Å²) in [5.41, 5.74) is 2.95. The Labute approximate surface area is 93.2 Å². The third kappa shape index (κ3) is 2.30. The highest BCUT2D eigenvalue weighted by Crippen LogP contribution is 2.22. The van der Waals surface area contributed by atoms with Crippen LogP contribution in [-0.4, -0.2) is 5.11 Å². The summed E-state index contributed by atoms with van der Waals surface area (Å²) in [6.45, 7) is 2.56. The Bertz CT molecular complexity index is 437. The molecule has 78 valence electrons. The van der Waals surface area contributed by atoms with Crippen molar-refractivity contribution in [1.82, 2.24) is 0 Å². The maximum atomic E-state index is 9.79. The van der Waals surface area contributed by atoms with Crippen LogP contribution in [0.2, 0.25) is 0 Å². The molecule has 0 aliphatic heterocycles. The highest BCUT2D eigenvalue weighted by atomic mass is 32.1. The fourth-order valence-electron chi connectivity index (χ4n) is 1.42. The fraction of sp³-hybridized carbons (Fsp3) is 0.167. The Kier molecular flexibility index (Phi) is 2.92. The van der Waals surface area contributed by atoms with Gasteiger partial charge >= 0.3 is 0 Å². The van der Waals surface area contributed by atoms with Gasteiger partial charge in [0.25, 0.3) is 0 Å². The number of aryl methyl sites for hydroxylation is 1. The first-order chi connectivity index (χ1) is 7.27. The molecule has 2 aromatic rings. The standard InChI is InChI=1S/C12H13NOS/c1-9-3-2-4-10(12(9)14)7-13-11-5-6-15-8-11/h2-6,8,13-14H,7H2,1H3. The number of para-hydroxylation sites is 1. The van der Waals surface area contributed by atoms with Crippen LogP contribution in [0.4, 0.5) is 5.69 Å². The minimum Gasteiger partial charge on any atom is -0.507 e. The van der Waals surface area contributed by atoms with E-state index in [1.54, 1.807) is 11.3 Å². The van der Waals surface area contributed by atoms with Gasteiger partial charge in [0.15, 0.2) is 0 Å². The van der Waals surface area contributed by atoms with E-state index in [1.807, 2.05) is 41.9 Å². The van der Waals surface area contributed by atoms with Gasteiger partial charge in [-0.1, -0.05) is 18.2 Å². The maximum absolute atomic E-state index is 9.79. The van der Waals surface area contributed by atoms with Crippen molar-refractivity contribution in [2.24, 2.45) is 0 Å². The van der Waals surface area contributed by atoms with Crippen LogP contribution in [0.15, 0.2) is 35.0 Å². The van der Waals surface area contributed by atoms with Gasteiger partial charge in [-0.3, -0.25) is 0 Å². The van der Waals surface area contributed by atoms with E-state index in [4.69, 9.17) is 0 Å². The van der Waals surface area contributed by atoms with Crippen LogP contribution in [0.3, 0.4) is 0 Å². The molecule has 1 aromatic heterocycles. The number of aromatic hydroxyl groups is 1. The Morgan fingerprint density at radius 3 is 2.93 bits per heavy atom. The van der Waals surface area contributed by atoms with Crippen LogP contribution in [0.5, 0.6) is 5.75 Å². The van der Waals surface area contributed by atoms with Gasteiger partial charge in [0.1, 0.15) is 5.75 Å². The summed E-state index contributed by atoms with van der Waals surface area (Å²) in [7, 11) is 0. The molecule has 0 atom stereocenters. The highest BCUT2D eigenvalue weighted by Gasteiger charge is 2.02. The van der Waals surface area contributed by atoms with Crippen molar-refractivity contribution in [3.8, 4) is 5.75 Å². The molecule has 2 nitrogen and oxygen atoms in total. The van der Waals surface area contributed by atoms with E-state index in [-0.39, 0.29) is 0 Å². The largest absolute Gasteiger partial charge is 0.507 e. The topological polar surface area (TPSA) is 32.3 Å². The van der Waals surface area contributed by atoms with Crippen LogP contribution in [0, 0.1) is 6.92 Å². The highest BCUT2D eigenvalue weighted by molar-refractivity contribution is 7.08. The quantitative estimate of drug-likeness (QED) is 0.829. The van der Waals surface area contributed by atoms with E-state index in [1.165, 1.54) is 0 Å². The summed E-state index contributed by atoms with van der Waals surface area (Å²) in [5.74, 6) is 0.389. The molecule has 0 saturated carbocycles. The number of benzene rings is 1. The lowest BCUT2D eigenvalue weighted by molar-refractivity contribution is 0.465. The summed E-state index contributed by atoms with van der Waals surface area (Å²) >= 11 is 1.66. The van der Waals surface area contributed by atoms with Crippen LogP contribution in [0.1, 0.15) is 11.1 Å². The van der Waals surface area contributed by atoms with Crippen LogP contribution >= 0.6 is 11.3 Å². The van der Waals surface area contributed by atoms with Gasteiger partial charge in [-0.15, -0.1) is 0 Å². The van der Waals surface area contributed by atoms with Crippen molar-refractivity contribution < 1.29 is 5.11 Å². The molecule has 1 heterocycles. The molecule has 0 bridgehead atoms. The van der Waals surface area contributed by atoms with Gasteiger partial charge in [-0.2, -0.15) is 11.3 Å². The molecule has 15 heavy (non-hydrogen) atoms. The molecule has 1 aromatic carbocycles. The SMILES string of the molecule is Cc1cccc(CNc2ccsc2)c1O. The number of nitrogens with one attached hydrogen (secondary N) is 1. The second-order valence-electron chi connectivity index (χ2n) is 3.45. The second kappa shape index (κ2) is 4.36. The molecule has 0 spiro atoms. The summed E-state index contributed by atoms with van der Waals surface area (Å²) in [4.78, 5) is 0. The summed E-state index contributed by atoms with van der Waals surface area (Å²) in [6, 6.07) is 7.82. The van der Waals surface area contributed by atoms with Crippen LogP contribution in [0.25, 0.3) is 0 Å². The Morgan fingerprint density at radius 1 is 1.33 bits per heavy atom. The molecule has 0 radical (unpaired) electrons. The lowest BCUT2D eigenvalue weighted by Gasteiger charge is -2.08. The summed E-state index contributed by atoms with van der Waals surface area (Å²) in [6.07, 6.45) is 0. The fourth-order valence-corrected chi connectivity index (χ4v) is 2.04. The predicted molar refractivity (Wildman–Crippen MR) is 64.5 cm³/mol. The molecule has 0 aliphatic carbocycles. The minimum atomic E-state index is 0.389. The first-order valence-electron chi connectivity index (χ1n) is 4.81. The Hall–Kier alpha value is -1.48. The zero-order valence-corrected chi connectivity index (χ0v) is 9.34. The van der Waals surface area contributed by atoms with Gasteiger partial charge in [-0.25, -0.2) is 0 Å². The average molecular weight is 219 g/mol. The van der Waals surface area contributed by atoms with Crippen molar-refractivity contribution >= 4 is 17.0 Å². The molecule has 2 N–H and O–H groups in total. The number of hydrogen-bond donors (Lipinski definition) is 2. The van der Waals surface area contributed by atoms with E-state index in [0.717, 1.165) is 16.8 Å². The molecule has 0 amide bonds. The third-order valence-corrected chi connectivity index (χ3v) is 3.01. The zero-order valence-electron chi connectivity index (χ0n) is 8.53. The second-order valence-corrected chi connectivity index (χ2v) is 4.23. The molecule has 0 aliphatic rings. The molecule has 0 fully saturated rings. The lowest BCUT2D eigenvalue weighted by Crippen LogP contribution is -1.98. The van der Waals surface area contributed by atoms with Gasteiger partial charge in [0, 0.05) is 23.2 Å². The first-order valence-corrected chi connectivity index (χ1v) is 5.75. The normalized spacial score (nSPS) is 10.2. The predicted octanol–water partition coefficient (Wildman–Crippen LogP) is 3.37. The molecular formula is C12H13NOS. The maximum Gasteiger partial charge on any atom is 0.123 e. The first kappa shape index (κ1) is 10.1. The average Bonchev–Trinajstić information content (AvgIpc) is 2.73. The van der Waals surface area contributed by atoms with Crippen molar-refractivity contribution in [2.45, 2.75) is 13.5 Å². The van der Waals surface area contributed by atoms with Crippen LogP contribution < -0.4 is 5.32 Å². The van der Waals surface area contributed by atoms with Crippen molar-refractivity contribution in [2.75, 3.05) is 5.32 Å². The molecule has 0 unspecified atom stereocenters. The van der Waals surface area contributed by atoms with E-state index >= 15 is 0 Å². The van der Waals surface area contributed by atoms with E-state index in [9.17, 15) is 5.11 Å². The lowest BCUT2D eigenvalue weighted by atomic mass is 10.1. The number of anilines is 1. The summed E-state index contributed by atoms with van der Waals surface area (Å²) < 4.78 is 0. The van der Waals surface area contributed by atoms with E-state index in [2.05, 4.69) is 5.32 Å². The van der Waals surface area contributed by atoms with E-state index < -0.39 is 0 Å². The molecular weight excluding hydrogens is 206 g/mol. The Morgan fingerprint density at radius 2 is 2.20 bits per heavy atom. The molecule has 2 rings (SSSR count). The smallest absolute Gasteiger partial charge is 0.123 e. The van der Waals surface area contributed by atoms with Crippen molar-refractivity contribution in [3.05, 3.63) is 46.2 Å². The van der Waals surface area contributed by atoms with Gasteiger partial charge < -0.3 is 10.4 Å². The number of phenols is 1. The number of rotatable bonds is 3. The zero-order chi connectivity index (χ0) is 10.7. The van der Waals surface area contributed by atoms with Gasteiger partial charge in [0.2, 0.25) is 0 Å². The monoisotopic (exact) mass is 219 g/mol. The van der Waals surface area contributed by atoms with Gasteiger partial charge in [-0.05, 0) is 23.9 Å². The van der Waals surface area contributed by atoms with E-state index in [0.29, 0.717) is 12.3 Å². The van der Waals surface area contributed by atoms with Gasteiger partial charge in [0.05, 0.1) is 0 Å². The van der Waals surface area contributed by atoms with Crippen LogP contribution in [-0.2, 0) is 6.54 Å². The number of thiophene rings is 1. The number of phenolic OH excluding ortho intramolecular Hbond substituents is 1. The molecule has 0 saturated heterocycles. The third-order valence-electron chi connectivity index (χ3n) is 2.33. The Balaban J connectivity index is 2.08. The van der Waals surface area contributed by atoms with Crippen molar-refractivity contribution in [1.29, 1.82) is 0 Å². The minimum absolute atomic E-state index is 0.389. The van der Waals surface area contributed by atoms with Crippen molar-refractivity contribution in [3.63, 3.8) is 0 Å². The summed E-state index contributed by atoms with van der Waals surface area (Å²) in [5, 5.41) is 17.1. The molecule has 3 heteroatoms.